The van der Waals surface area contributed by atoms with E-state index in [0.29, 0.717) is 13.0 Å². The normalized spacial score (nSPS) is 13.7. The fraction of sp³-hybridized carbons (Fsp3) is 0.600. The summed E-state index contributed by atoms with van der Waals surface area (Å²) in [7, 11) is 1.89. The summed E-state index contributed by atoms with van der Waals surface area (Å²) >= 11 is 0. The van der Waals surface area contributed by atoms with E-state index in [2.05, 4.69) is 20.5 Å². The van der Waals surface area contributed by atoms with E-state index in [1.807, 2.05) is 19.2 Å². The van der Waals surface area contributed by atoms with Gasteiger partial charge in [-0.05, 0) is 26.1 Å². The minimum Gasteiger partial charge on any atom is -0.378 e. The molecular weight excluding hydrogens is 339 g/mol. The van der Waals surface area contributed by atoms with Crippen LogP contribution in [0, 0.1) is 0 Å². The Morgan fingerprint density at radius 2 is 2.09 bits per heavy atom. The number of anilines is 1. The van der Waals surface area contributed by atoms with Crippen molar-refractivity contribution in [3.8, 4) is 0 Å². The number of amides is 1. The quantitative estimate of drug-likeness (QED) is 0.715. The third-order valence-corrected chi connectivity index (χ3v) is 3.48. The third-order valence-electron chi connectivity index (χ3n) is 3.48. The number of aromatic nitrogens is 1. The van der Waals surface area contributed by atoms with E-state index in [4.69, 9.17) is 4.74 Å². The van der Waals surface area contributed by atoms with Gasteiger partial charge in [-0.2, -0.15) is 0 Å². The standard InChI is InChI=1S/C15H24N4O2.2ClH/c1-16-6-3-5-14(20)18-12-13-4-2-7-17-15(13)19-8-10-21-11-9-19;;/h2,4,7,16H,3,5-6,8-12H2,1H3,(H,18,20);2*1H. The first-order valence-corrected chi connectivity index (χ1v) is 7.49. The van der Waals surface area contributed by atoms with Crippen molar-refractivity contribution >= 4 is 36.5 Å². The maximum Gasteiger partial charge on any atom is 0.220 e. The summed E-state index contributed by atoms with van der Waals surface area (Å²) in [6.45, 7) is 4.54. The van der Waals surface area contributed by atoms with Crippen molar-refractivity contribution in [1.82, 2.24) is 15.6 Å². The van der Waals surface area contributed by atoms with Crippen molar-refractivity contribution in [1.29, 1.82) is 0 Å². The molecule has 2 heterocycles. The van der Waals surface area contributed by atoms with Gasteiger partial charge < -0.3 is 20.3 Å². The van der Waals surface area contributed by atoms with Gasteiger partial charge >= 0.3 is 0 Å². The number of carbonyl (C=O) groups is 1. The highest BCUT2D eigenvalue weighted by atomic mass is 35.5. The van der Waals surface area contributed by atoms with Crippen LogP contribution in [0.5, 0.6) is 0 Å². The van der Waals surface area contributed by atoms with Crippen molar-refractivity contribution in [2.24, 2.45) is 0 Å². The molecule has 1 aliphatic heterocycles. The molecule has 1 saturated heterocycles. The molecule has 0 unspecified atom stereocenters. The monoisotopic (exact) mass is 364 g/mol. The average Bonchev–Trinajstić information content (AvgIpc) is 2.54. The van der Waals surface area contributed by atoms with Crippen LogP contribution in [0.2, 0.25) is 0 Å². The van der Waals surface area contributed by atoms with Crippen molar-refractivity contribution < 1.29 is 9.53 Å². The molecule has 0 spiro atoms. The number of hydrogen-bond acceptors (Lipinski definition) is 5. The van der Waals surface area contributed by atoms with Crippen LogP contribution in [0.1, 0.15) is 18.4 Å². The van der Waals surface area contributed by atoms with Crippen LogP contribution in [-0.2, 0) is 16.1 Å². The molecule has 8 heteroatoms. The molecule has 0 aliphatic carbocycles. The van der Waals surface area contributed by atoms with Gasteiger partial charge in [-0.15, -0.1) is 24.8 Å². The van der Waals surface area contributed by atoms with Crippen molar-refractivity contribution in [2.45, 2.75) is 19.4 Å². The molecule has 2 rings (SSSR count). The molecule has 6 nitrogen and oxygen atoms in total. The molecule has 2 N–H and O–H groups in total. The lowest BCUT2D eigenvalue weighted by atomic mass is 10.2. The van der Waals surface area contributed by atoms with E-state index in [-0.39, 0.29) is 30.7 Å². The topological polar surface area (TPSA) is 66.5 Å². The first kappa shape index (κ1) is 21.9. The summed E-state index contributed by atoms with van der Waals surface area (Å²) in [6, 6.07) is 3.93. The molecule has 0 saturated carbocycles. The lowest BCUT2D eigenvalue weighted by molar-refractivity contribution is -0.121. The van der Waals surface area contributed by atoms with Gasteiger partial charge in [0.05, 0.1) is 13.2 Å². The molecule has 1 fully saturated rings. The molecule has 0 bridgehead atoms. The van der Waals surface area contributed by atoms with E-state index in [0.717, 1.165) is 50.7 Å². The Morgan fingerprint density at radius 3 is 2.78 bits per heavy atom. The Bertz CT molecular complexity index is 457. The molecule has 1 aromatic heterocycles. The number of carbonyl (C=O) groups excluding carboxylic acids is 1. The lowest BCUT2D eigenvalue weighted by Crippen LogP contribution is -2.37. The first-order chi connectivity index (χ1) is 10.3. The molecule has 0 radical (unpaired) electrons. The molecule has 1 amide bonds. The Morgan fingerprint density at radius 1 is 1.35 bits per heavy atom. The molecule has 0 aromatic carbocycles. The molecular formula is C15H26Cl2N4O2. The number of hydrogen-bond donors (Lipinski definition) is 2. The Kier molecular flexibility index (Phi) is 11.8. The highest BCUT2D eigenvalue weighted by molar-refractivity contribution is 5.85. The van der Waals surface area contributed by atoms with Gasteiger partial charge in [-0.25, -0.2) is 4.98 Å². The number of halogens is 2. The van der Waals surface area contributed by atoms with E-state index in [9.17, 15) is 4.79 Å². The van der Waals surface area contributed by atoms with Gasteiger partial charge in [0.1, 0.15) is 5.82 Å². The van der Waals surface area contributed by atoms with Gasteiger partial charge in [-0.1, -0.05) is 6.07 Å². The second-order valence-corrected chi connectivity index (χ2v) is 5.07. The minimum absolute atomic E-state index is 0. The number of nitrogens with one attached hydrogen (secondary N) is 2. The number of rotatable bonds is 7. The number of morpholine rings is 1. The second kappa shape index (κ2) is 12.4. The minimum atomic E-state index is 0. The van der Waals surface area contributed by atoms with E-state index in [1.165, 1.54) is 0 Å². The van der Waals surface area contributed by atoms with Crippen molar-refractivity contribution in [2.75, 3.05) is 44.8 Å². The fourth-order valence-corrected chi connectivity index (χ4v) is 2.34. The Labute approximate surface area is 150 Å². The van der Waals surface area contributed by atoms with Crippen LogP contribution in [0.25, 0.3) is 0 Å². The second-order valence-electron chi connectivity index (χ2n) is 5.07. The zero-order chi connectivity index (χ0) is 14.9. The van der Waals surface area contributed by atoms with Crippen molar-refractivity contribution in [3.63, 3.8) is 0 Å². The fourth-order valence-electron chi connectivity index (χ4n) is 2.34. The molecule has 132 valence electrons. The van der Waals surface area contributed by atoms with Gasteiger partial charge in [0.15, 0.2) is 0 Å². The van der Waals surface area contributed by atoms with Gasteiger partial charge in [0.2, 0.25) is 5.91 Å². The molecule has 1 aromatic rings. The predicted molar refractivity (Wildman–Crippen MR) is 96.8 cm³/mol. The van der Waals surface area contributed by atoms with Gasteiger partial charge in [0.25, 0.3) is 0 Å². The summed E-state index contributed by atoms with van der Waals surface area (Å²) in [5, 5.41) is 6.01. The van der Waals surface area contributed by atoms with Gasteiger partial charge in [0, 0.05) is 37.8 Å². The molecule has 0 atom stereocenters. The largest absolute Gasteiger partial charge is 0.378 e. The molecule has 23 heavy (non-hydrogen) atoms. The van der Waals surface area contributed by atoms with Crippen LogP contribution in [-0.4, -0.2) is 50.8 Å². The number of pyridine rings is 1. The summed E-state index contributed by atoms with van der Waals surface area (Å²) < 4.78 is 5.37. The van der Waals surface area contributed by atoms with E-state index in [1.54, 1.807) is 6.20 Å². The van der Waals surface area contributed by atoms with E-state index >= 15 is 0 Å². The summed E-state index contributed by atoms with van der Waals surface area (Å²) in [5.74, 6) is 1.04. The van der Waals surface area contributed by atoms with Crippen LogP contribution < -0.4 is 15.5 Å². The van der Waals surface area contributed by atoms with Crippen molar-refractivity contribution in [3.05, 3.63) is 23.9 Å². The average molecular weight is 365 g/mol. The first-order valence-electron chi connectivity index (χ1n) is 7.49. The predicted octanol–water partition coefficient (Wildman–Crippen LogP) is 1.38. The Balaban J connectivity index is 0.00000242. The maximum absolute atomic E-state index is 11.8. The van der Waals surface area contributed by atoms with Crippen LogP contribution in [0.3, 0.4) is 0 Å². The Hall–Kier alpha value is -1.08. The smallest absolute Gasteiger partial charge is 0.220 e. The van der Waals surface area contributed by atoms with Crippen LogP contribution in [0.15, 0.2) is 18.3 Å². The highest BCUT2D eigenvalue weighted by Crippen LogP contribution is 2.18. The summed E-state index contributed by atoms with van der Waals surface area (Å²) in [6.07, 6.45) is 3.20. The third kappa shape index (κ3) is 7.35. The highest BCUT2D eigenvalue weighted by Gasteiger charge is 2.15. The zero-order valence-electron chi connectivity index (χ0n) is 13.4. The number of ether oxygens (including phenoxy) is 1. The van der Waals surface area contributed by atoms with Gasteiger partial charge in [-0.3, -0.25) is 4.79 Å². The van der Waals surface area contributed by atoms with Crippen LogP contribution in [0.4, 0.5) is 5.82 Å². The maximum atomic E-state index is 11.8. The lowest BCUT2D eigenvalue weighted by Gasteiger charge is -2.29. The number of nitrogens with zero attached hydrogens (tertiary/aromatic N) is 2. The summed E-state index contributed by atoms with van der Waals surface area (Å²) in [4.78, 5) is 18.5. The summed E-state index contributed by atoms with van der Waals surface area (Å²) in [5.41, 5.74) is 1.06. The van der Waals surface area contributed by atoms with E-state index < -0.39 is 0 Å². The SMILES string of the molecule is CNCCCC(=O)NCc1cccnc1N1CCOCC1.Cl.Cl. The molecule has 1 aliphatic rings. The van der Waals surface area contributed by atoms with Crippen LogP contribution >= 0.6 is 24.8 Å². The zero-order valence-corrected chi connectivity index (χ0v) is 15.0.